The predicted molar refractivity (Wildman–Crippen MR) is 76.4 cm³/mol. The van der Waals surface area contributed by atoms with Crippen molar-refractivity contribution in [3.8, 4) is 0 Å². The van der Waals surface area contributed by atoms with E-state index in [0.29, 0.717) is 12.0 Å². The van der Waals surface area contributed by atoms with Crippen LogP contribution in [0, 0.1) is 5.82 Å². The summed E-state index contributed by atoms with van der Waals surface area (Å²) in [6.07, 6.45) is 2.87. The van der Waals surface area contributed by atoms with Gasteiger partial charge < -0.3 is 9.52 Å². The summed E-state index contributed by atoms with van der Waals surface area (Å²) in [5, 5.41) is 9.05. The first-order valence-electron chi connectivity index (χ1n) is 6.43. The molecule has 0 unspecified atom stereocenters. The molecular weight excluding hydrogens is 289 g/mol. The van der Waals surface area contributed by atoms with E-state index in [1.54, 1.807) is 18.2 Å². The number of carboxylic acid groups (broad SMARTS) is 1. The highest BCUT2D eigenvalue weighted by atomic mass is 19.1. The van der Waals surface area contributed by atoms with E-state index in [0.717, 1.165) is 11.8 Å². The molecule has 0 fully saturated rings. The second-order valence-corrected chi connectivity index (χ2v) is 4.78. The molecule has 22 heavy (non-hydrogen) atoms. The second kappa shape index (κ2) is 5.40. The van der Waals surface area contributed by atoms with Gasteiger partial charge in [0.15, 0.2) is 0 Å². The van der Waals surface area contributed by atoms with Gasteiger partial charge in [0.05, 0.1) is 5.39 Å². The maximum absolute atomic E-state index is 12.9. The Kier molecular flexibility index (Phi) is 3.42. The average Bonchev–Trinajstić information content (AvgIpc) is 2.50. The number of halogens is 1. The molecule has 0 atom stereocenters. The van der Waals surface area contributed by atoms with Crippen LogP contribution in [0.1, 0.15) is 21.5 Å². The van der Waals surface area contributed by atoms with Crippen molar-refractivity contribution >= 4 is 17.1 Å². The zero-order valence-corrected chi connectivity index (χ0v) is 11.2. The molecule has 3 aromatic rings. The number of aromatic carboxylic acids is 1. The second-order valence-electron chi connectivity index (χ2n) is 4.78. The Morgan fingerprint density at radius 3 is 2.64 bits per heavy atom. The zero-order valence-electron chi connectivity index (χ0n) is 11.2. The highest BCUT2D eigenvalue weighted by Crippen LogP contribution is 2.15. The van der Waals surface area contributed by atoms with Crippen molar-refractivity contribution in [2.45, 2.75) is 6.42 Å². The number of carbonyl (C=O) groups is 1. The van der Waals surface area contributed by atoms with E-state index < -0.39 is 17.0 Å². The minimum atomic E-state index is -1.35. The smallest absolute Gasteiger partial charge is 0.342 e. The Hall–Kier alpha value is -3.02. The van der Waals surface area contributed by atoms with Gasteiger partial charge in [0.25, 0.3) is 0 Å². The molecule has 1 N–H and O–H groups in total. The van der Waals surface area contributed by atoms with E-state index in [1.165, 1.54) is 18.3 Å². The Labute approximate surface area is 123 Å². The van der Waals surface area contributed by atoms with Crippen molar-refractivity contribution in [1.82, 2.24) is 4.98 Å². The minimum absolute atomic E-state index is 0.0813. The van der Waals surface area contributed by atoms with Crippen molar-refractivity contribution in [1.29, 1.82) is 0 Å². The standard InChI is InChI=1S/C16H10FNO4/c17-11-3-1-9(2-4-11)5-10-6-12-14(19)13(16(20)21)8-22-15(12)18-7-10/h1-4,6-8H,5H2,(H,20,21). The molecule has 0 amide bonds. The third-order valence-electron chi connectivity index (χ3n) is 3.24. The molecule has 0 radical (unpaired) electrons. The fourth-order valence-electron chi connectivity index (χ4n) is 2.15. The SMILES string of the molecule is O=C(O)c1coc2ncc(Cc3ccc(F)cc3)cc2c1=O. The van der Waals surface area contributed by atoms with Crippen molar-refractivity contribution < 1.29 is 18.7 Å². The fraction of sp³-hybridized carbons (Fsp3) is 0.0625. The van der Waals surface area contributed by atoms with Gasteiger partial charge in [-0.25, -0.2) is 14.2 Å². The van der Waals surface area contributed by atoms with E-state index in [2.05, 4.69) is 4.98 Å². The average molecular weight is 299 g/mol. The van der Waals surface area contributed by atoms with Gasteiger partial charge >= 0.3 is 5.97 Å². The Morgan fingerprint density at radius 1 is 1.23 bits per heavy atom. The summed E-state index contributed by atoms with van der Waals surface area (Å²) in [5.74, 6) is -1.67. The molecule has 2 heterocycles. The van der Waals surface area contributed by atoms with Crippen LogP contribution in [0.15, 0.2) is 52.0 Å². The van der Waals surface area contributed by atoms with Gasteiger partial charge in [0.2, 0.25) is 11.1 Å². The summed E-state index contributed by atoms with van der Waals surface area (Å²) >= 11 is 0. The van der Waals surface area contributed by atoms with E-state index in [4.69, 9.17) is 9.52 Å². The molecule has 0 saturated carbocycles. The Balaban J connectivity index is 2.05. The molecule has 110 valence electrons. The van der Waals surface area contributed by atoms with Crippen LogP contribution in [-0.2, 0) is 6.42 Å². The third kappa shape index (κ3) is 2.58. The number of benzene rings is 1. The molecule has 0 aliphatic carbocycles. The van der Waals surface area contributed by atoms with Crippen molar-refractivity contribution in [2.75, 3.05) is 0 Å². The van der Waals surface area contributed by atoms with Gasteiger partial charge in [0.1, 0.15) is 17.6 Å². The molecule has 0 spiro atoms. The van der Waals surface area contributed by atoms with E-state index in [-0.39, 0.29) is 16.9 Å². The normalized spacial score (nSPS) is 10.8. The van der Waals surface area contributed by atoms with Gasteiger partial charge in [-0.15, -0.1) is 0 Å². The zero-order chi connectivity index (χ0) is 15.7. The number of fused-ring (bicyclic) bond motifs is 1. The van der Waals surface area contributed by atoms with Crippen LogP contribution in [0.2, 0.25) is 0 Å². The van der Waals surface area contributed by atoms with Crippen LogP contribution < -0.4 is 5.43 Å². The van der Waals surface area contributed by atoms with Gasteiger partial charge in [-0.05, 0) is 35.7 Å². The number of aromatic nitrogens is 1. The highest BCUT2D eigenvalue weighted by molar-refractivity contribution is 5.90. The first-order valence-corrected chi connectivity index (χ1v) is 6.43. The predicted octanol–water partition coefficient (Wildman–Crippen LogP) is 2.62. The van der Waals surface area contributed by atoms with Gasteiger partial charge in [-0.1, -0.05) is 12.1 Å². The largest absolute Gasteiger partial charge is 0.477 e. The maximum Gasteiger partial charge on any atom is 0.342 e. The Morgan fingerprint density at radius 2 is 1.95 bits per heavy atom. The summed E-state index contributed by atoms with van der Waals surface area (Å²) < 4.78 is 17.9. The molecule has 0 bridgehead atoms. The molecule has 1 aromatic carbocycles. The summed E-state index contributed by atoms with van der Waals surface area (Å²) in [7, 11) is 0. The van der Waals surface area contributed by atoms with Crippen LogP contribution >= 0.6 is 0 Å². The van der Waals surface area contributed by atoms with Crippen LogP contribution in [0.5, 0.6) is 0 Å². The van der Waals surface area contributed by atoms with Gasteiger partial charge in [0, 0.05) is 6.20 Å². The summed E-state index contributed by atoms with van der Waals surface area (Å²) in [6.45, 7) is 0. The lowest BCUT2D eigenvalue weighted by atomic mass is 10.1. The number of nitrogens with zero attached hydrogens (tertiary/aromatic N) is 1. The first kappa shape index (κ1) is 13.9. The number of hydrogen-bond acceptors (Lipinski definition) is 4. The van der Waals surface area contributed by atoms with Gasteiger partial charge in [-0.2, -0.15) is 0 Å². The number of rotatable bonds is 3. The topological polar surface area (TPSA) is 80.4 Å². The molecule has 3 rings (SSSR count). The van der Waals surface area contributed by atoms with Gasteiger partial charge in [-0.3, -0.25) is 4.79 Å². The fourth-order valence-corrected chi connectivity index (χ4v) is 2.15. The molecule has 6 heteroatoms. The number of carboxylic acids is 1. The van der Waals surface area contributed by atoms with E-state index in [9.17, 15) is 14.0 Å². The third-order valence-corrected chi connectivity index (χ3v) is 3.24. The molecule has 5 nitrogen and oxygen atoms in total. The first-order chi connectivity index (χ1) is 10.5. The molecule has 0 aliphatic heterocycles. The Bertz CT molecular complexity index is 916. The molecule has 0 aliphatic rings. The lowest BCUT2D eigenvalue weighted by molar-refractivity contribution is 0.0693. The minimum Gasteiger partial charge on any atom is -0.477 e. The van der Waals surface area contributed by atoms with E-state index in [1.807, 2.05) is 0 Å². The molecule has 0 saturated heterocycles. The summed E-state index contributed by atoms with van der Waals surface area (Å²) in [5.41, 5.74) is 0.559. The lowest BCUT2D eigenvalue weighted by Crippen LogP contribution is -2.14. The number of pyridine rings is 1. The number of hydrogen-bond donors (Lipinski definition) is 1. The van der Waals surface area contributed by atoms with Crippen molar-refractivity contribution in [2.24, 2.45) is 0 Å². The van der Waals surface area contributed by atoms with Crippen LogP contribution in [-0.4, -0.2) is 16.1 Å². The van der Waals surface area contributed by atoms with E-state index >= 15 is 0 Å². The quantitative estimate of drug-likeness (QED) is 0.804. The maximum atomic E-state index is 12.9. The monoisotopic (exact) mass is 299 g/mol. The summed E-state index contributed by atoms with van der Waals surface area (Å²) in [4.78, 5) is 27.1. The molecule has 2 aromatic heterocycles. The van der Waals surface area contributed by atoms with Crippen LogP contribution in [0.4, 0.5) is 4.39 Å². The van der Waals surface area contributed by atoms with Crippen molar-refractivity contribution in [3.05, 3.63) is 75.5 Å². The summed E-state index contributed by atoms with van der Waals surface area (Å²) in [6, 6.07) is 7.51. The van der Waals surface area contributed by atoms with Crippen LogP contribution in [0.25, 0.3) is 11.1 Å². The lowest BCUT2D eigenvalue weighted by Gasteiger charge is -2.03. The molecular formula is C16H10FNO4. The van der Waals surface area contributed by atoms with Crippen LogP contribution in [0.3, 0.4) is 0 Å². The van der Waals surface area contributed by atoms with Crippen molar-refractivity contribution in [3.63, 3.8) is 0 Å². The highest BCUT2D eigenvalue weighted by Gasteiger charge is 2.14.